The molecular weight excluding hydrogens is 518 g/mol. The molecule has 5 aromatic carbocycles. The molecule has 0 aromatic heterocycles. The Morgan fingerprint density at radius 1 is 0.707 bits per heavy atom. The van der Waals surface area contributed by atoms with Crippen molar-refractivity contribution in [3.8, 4) is 22.6 Å². The zero-order valence-electron chi connectivity index (χ0n) is 22.0. The summed E-state index contributed by atoms with van der Waals surface area (Å²) in [6.07, 6.45) is 0. The number of hydrogen-bond donors (Lipinski definition) is 2. The van der Waals surface area contributed by atoms with Gasteiger partial charge in [0.05, 0.1) is 30.2 Å². The van der Waals surface area contributed by atoms with E-state index < -0.39 is 5.97 Å². The molecule has 0 amide bonds. The second kappa shape index (κ2) is 10.2. The number of ether oxygens (including phenoxy) is 3. The van der Waals surface area contributed by atoms with Crippen LogP contribution >= 0.6 is 0 Å². The normalized spacial score (nSPS) is 13.3. The highest BCUT2D eigenvalue weighted by molar-refractivity contribution is 6.19. The predicted octanol–water partition coefficient (Wildman–Crippen LogP) is 6.06. The van der Waals surface area contributed by atoms with Crippen LogP contribution in [0, 0.1) is 0 Å². The molecule has 0 bridgehead atoms. The number of hydrogen-bond acceptors (Lipinski definition) is 7. The van der Waals surface area contributed by atoms with Gasteiger partial charge >= 0.3 is 5.97 Å². The molecule has 2 aliphatic rings. The van der Waals surface area contributed by atoms with Gasteiger partial charge < -0.3 is 24.4 Å². The van der Waals surface area contributed by atoms with Gasteiger partial charge in [-0.15, -0.1) is 0 Å². The number of aliphatic hydroxyl groups is 2. The standard InChI is InChI=1S/C34H25NO6/c36-16-23-13-25-26(14-24(23)17-37)33(35-32(20-7-3-1-4-8-20)21-9-5-2-6-10-21)27-18-39-34(38)31(27)30(25)22-11-12-28-29(15-22)41-19-40-28/h1-15,36-37H,16-19H2. The van der Waals surface area contributed by atoms with Crippen LogP contribution in [0.15, 0.2) is 96.0 Å². The number of carbonyl (C=O) groups is 1. The molecule has 0 unspecified atom stereocenters. The molecule has 5 aromatic rings. The predicted molar refractivity (Wildman–Crippen MR) is 155 cm³/mol. The van der Waals surface area contributed by atoms with E-state index >= 15 is 0 Å². The summed E-state index contributed by atoms with van der Waals surface area (Å²) in [5.74, 6) is 0.777. The lowest BCUT2D eigenvalue weighted by Gasteiger charge is -2.18. The maximum atomic E-state index is 13.4. The zero-order valence-corrected chi connectivity index (χ0v) is 22.0. The summed E-state index contributed by atoms with van der Waals surface area (Å²) < 4.78 is 16.8. The highest BCUT2D eigenvalue weighted by Crippen LogP contribution is 2.47. The fourth-order valence-electron chi connectivity index (χ4n) is 5.61. The lowest BCUT2D eigenvalue weighted by Crippen LogP contribution is -2.05. The first-order chi connectivity index (χ1) is 20.2. The van der Waals surface area contributed by atoms with Crippen LogP contribution in [0.2, 0.25) is 0 Å². The van der Waals surface area contributed by atoms with E-state index in [2.05, 4.69) is 0 Å². The van der Waals surface area contributed by atoms with Crippen LogP contribution < -0.4 is 9.47 Å². The lowest BCUT2D eigenvalue weighted by atomic mass is 9.87. The van der Waals surface area contributed by atoms with Gasteiger partial charge in [-0.2, -0.15) is 0 Å². The van der Waals surface area contributed by atoms with Crippen LogP contribution in [-0.4, -0.2) is 28.7 Å². The van der Waals surface area contributed by atoms with Gasteiger partial charge in [-0.1, -0.05) is 66.7 Å². The van der Waals surface area contributed by atoms with E-state index in [0.717, 1.165) is 27.8 Å². The number of fused-ring (bicyclic) bond motifs is 3. The van der Waals surface area contributed by atoms with Crippen molar-refractivity contribution in [2.45, 2.75) is 19.8 Å². The van der Waals surface area contributed by atoms with Gasteiger partial charge in [-0.3, -0.25) is 0 Å². The molecule has 0 fully saturated rings. The minimum Gasteiger partial charge on any atom is -0.457 e. The van der Waals surface area contributed by atoms with E-state index in [0.29, 0.717) is 50.4 Å². The highest BCUT2D eigenvalue weighted by atomic mass is 16.7. The number of cyclic esters (lactones) is 1. The van der Waals surface area contributed by atoms with Gasteiger partial charge in [0.25, 0.3) is 0 Å². The van der Waals surface area contributed by atoms with Crippen molar-refractivity contribution in [3.63, 3.8) is 0 Å². The molecule has 2 N–H and O–H groups in total. The number of aliphatic imine (C=N–C) groups is 1. The van der Waals surface area contributed by atoms with Crippen molar-refractivity contribution >= 4 is 28.1 Å². The first-order valence-electron chi connectivity index (χ1n) is 13.3. The molecule has 41 heavy (non-hydrogen) atoms. The summed E-state index contributed by atoms with van der Waals surface area (Å²) in [6.45, 7) is -0.339. The van der Waals surface area contributed by atoms with Crippen molar-refractivity contribution in [1.29, 1.82) is 0 Å². The van der Waals surface area contributed by atoms with Gasteiger partial charge in [0, 0.05) is 27.6 Å². The molecule has 202 valence electrons. The van der Waals surface area contributed by atoms with Crippen molar-refractivity contribution in [3.05, 3.63) is 124 Å². The summed E-state index contributed by atoms with van der Waals surface area (Å²) in [5.41, 5.74) is 6.81. The Hall–Kier alpha value is -4.98. The van der Waals surface area contributed by atoms with E-state index in [1.165, 1.54) is 0 Å². The van der Waals surface area contributed by atoms with Gasteiger partial charge in [-0.05, 0) is 46.3 Å². The van der Waals surface area contributed by atoms with Crippen molar-refractivity contribution in [2.24, 2.45) is 4.99 Å². The van der Waals surface area contributed by atoms with Crippen LogP contribution in [0.25, 0.3) is 21.9 Å². The number of esters is 1. The van der Waals surface area contributed by atoms with Crippen LogP contribution in [-0.2, 0) is 24.6 Å². The number of carbonyl (C=O) groups excluding carboxylic acids is 1. The third kappa shape index (κ3) is 4.23. The molecule has 0 radical (unpaired) electrons. The fraction of sp³-hybridized carbons (Fsp3) is 0.118. The van der Waals surface area contributed by atoms with E-state index in [1.54, 1.807) is 0 Å². The lowest BCUT2D eigenvalue weighted by molar-refractivity contribution is 0.0536. The van der Waals surface area contributed by atoms with Gasteiger partial charge in [0.2, 0.25) is 6.79 Å². The SMILES string of the molecule is O=C1OCc2c1c(-c1ccc3c(c1)OCO3)c1cc(CO)c(CO)cc1c2N=C(c1ccccc1)c1ccccc1. The molecule has 7 nitrogen and oxygen atoms in total. The molecule has 7 rings (SSSR count). The number of rotatable bonds is 6. The van der Waals surface area contributed by atoms with E-state index in [9.17, 15) is 15.0 Å². The minimum atomic E-state index is -0.441. The Balaban J connectivity index is 1.60. The molecule has 0 aliphatic carbocycles. The highest BCUT2D eigenvalue weighted by Gasteiger charge is 2.32. The van der Waals surface area contributed by atoms with Crippen LogP contribution in [0.3, 0.4) is 0 Å². The third-order valence-electron chi connectivity index (χ3n) is 7.57. The molecule has 2 heterocycles. The fourth-order valence-corrected chi connectivity index (χ4v) is 5.61. The van der Waals surface area contributed by atoms with E-state index in [4.69, 9.17) is 19.2 Å². The van der Waals surface area contributed by atoms with Crippen LogP contribution in [0.5, 0.6) is 11.5 Å². The number of aliphatic hydroxyl groups excluding tert-OH is 2. The molecule has 0 saturated heterocycles. The zero-order chi connectivity index (χ0) is 27.9. The largest absolute Gasteiger partial charge is 0.457 e. The molecule has 0 atom stereocenters. The second-order valence-electron chi connectivity index (χ2n) is 9.90. The minimum absolute atomic E-state index is 0.0631. The summed E-state index contributed by atoms with van der Waals surface area (Å²) in [5, 5.41) is 21.8. The van der Waals surface area contributed by atoms with Crippen molar-refractivity contribution < 1.29 is 29.2 Å². The van der Waals surface area contributed by atoms with Gasteiger partial charge in [0.15, 0.2) is 11.5 Å². The number of benzene rings is 5. The topological polar surface area (TPSA) is 97.6 Å². The first-order valence-corrected chi connectivity index (χ1v) is 13.3. The molecule has 7 heteroatoms. The summed E-state index contributed by atoms with van der Waals surface area (Å²) >= 11 is 0. The molecule has 0 saturated carbocycles. The smallest absolute Gasteiger partial charge is 0.339 e. The Labute approximate surface area is 235 Å². The number of nitrogens with zero attached hydrogens (tertiary/aromatic N) is 1. The molecule has 2 aliphatic heterocycles. The second-order valence-corrected chi connectivity index (χ2v) is 9.90. The Morgan fingerprint density at radius 2 is 1.34 bits per heavy atom. The summed E-state index contributed by atoms with van der Waals surface area (Å²) in [6, 6.07) is 29.0. The van der Waals surface area contributed by atoms with E-state index in [-0.39, 0.29) is 26.6 Å². The van der Waals surface area contributed by atoms with Crippen LogP contribution in [0.4, 0.5) is 5.69 Å². The third-order valence-corrected chi connectivity index (χ3v) is 7.57. The van der Waals surface area contributed by atoms with Gasteiger partial charge in [0.1, 0.15) is 6.61 Å². The maximum Gasteiger partial charge on any atom is 0.339 e. The average Bonchev–Trinajstić information content (AvgIpc) is 3.65. The molecular formula is C34H25NO6. The van der Waals surface area contributed by atoms with Gasteiger partial charge in [-0.25, -0.2) is 9.79 Å². The first kappa shape index (κ1) is 25.0. The Bertz CT molecular complexity index is 1810. The summed E-state index contributed by atoms with van der Waals surface area (Å²) in [4.78, 5) is 18.6. The average molecular weight is 544 g/mol. The summed E-state index contributed by atoms with van der Waals surface area (Å²) in [7, 11) is 0. The monoisotopic (exact) mass is 543 g/mol. The molecule has 0 spiro atoms. The maximum absolute atomic E-state index is 13.4. The van der Waals surface area contributed by atoms with Crippen LogP contribution in [0.1, 0.15) is 38.2 Å². The quantitative estimate of drug-likeness (QED) is 0.200. The Kier molecular flexibility index (Phi) is 6.23. The van der Waals surface area contributed by atoms with Crippen molar-refractivity contribution in [1.82, 2.24) is 0 Å². The van der Waals surface area contributed by atoms with Crippen molar-refractivity contribution in [2.75, 3.05) is 6.79 Å². The Morgan fingerprint density at radius 3 is 2.00 bits per heavy atom. The van der Waals surface area contributed by atoms with E-state index in [1.807, 2.05) is 91.0 Å².